The van der Waals surface area contributed by atoms with Gasteiger partial charge in [-0.05, 0) is 35.9 Å². The van der Waals surface area contributed by atoms with Crippen molar-refractivity contribution in [2.24, 2.45) is 0 Å². The van der Waals surface area contributed by atoms with E-state index in [1.54, 1.807) is 6.07 Å². The topological polar surface area (TPSA) is 12.0 Å². The van der Waals surface area contributed by atoms with E-state index in [2.05, 4.69) is 21.2 Å². The first-order valence-electron chi connectivity index (χ1n) is 4.98. The molecular formula is C13H11BrFN. The van der Waals surface area contributed by atoms with Crippen LogP contribution < -0.4 is 5.32 Å². The molecule has 3 heteroatoms. The molecule has 0 aliphatic heterocycles. The van der Waals surface area contributed by atoms with Gasteiger partial charge in [-0.2, -0.15) is 0 Å². The van der Waals surface area contributed by atoms with Gasteiger partial charge in [-0.3, -0.25) is 0 Å². The van der Waals surface area contributed by atoms with Gasteiger partial charge in [-0.25, -0.2) is 4.39 Å². The minimum absolute atomic E-state index is 0.200. The second kappa shape index (κ2) is 5.12. The maximum absolute atomic E-state index is 12.9. The Morgan fingerprint density at radius 1 is 1.06 bits per heavy atom. The summed E-state index contributed by atoms with van der Waals surface area (Å²) in [6, 6.07) is 14.5. The largest absolute Gasteiger partial charge is 0.381 e. The summed E-state index contributed by atoms with van der Waals surface area (Å²) < 4.78 is 13.9. The van der Waals surface area contributed by atoms with Crippen molar-refractivity contribution in [3.63, 3.8) is 0 Å². The summed E-state index contributed by atoms with van der Waals surface area (Å²) in [5.41, 5.74) is 1.94. The predicted octanol–water partition coefficient (Wildman–Crippen LogP) is 4.20. The maximum atomic E-state index is 12.9. The van der Waals surface area contributed by atoms with Crippen LogP contribution in [0.1, 0.15) is 5.56 Å². The van der Waals surface area contributed by atoms with Crippen LogP contribution in [-0.2, 0) is 6.54 Å². The molecular weight excluding hydrogens is 269 g/mol. The Morgan fingerprint density at radius 2 is 1.88 bits per heavy atom. The first-order valence-corrected chi connectivity index (χ1v) is 5.77. The van der Waals surface area contributed by atoms with Gasteiger partial charge in [0.25, 0.3) is 0 Å². The quantitative estimate of drug-likeness (QED) is 0.888. The Hall–Kier alpha value is -1.35. The van der Waals surface area contributed by atoms with Crippen molar-refractivity contribution >= 4 is 21.6 Å². The van der Waals surface area contributed by atoms with Crippen LogP contribution in [0, 0.1) is 5.82 Å². The first kappa shape index (κ1) is 11.1. The van der Waals surface area contributed by atoms with Crippen LogP contribution in [0.25, 0.3) is 0 Å². The van der Waals surface area contributed by atoms with Gasteiger partial charge >= 0.3 is 0 Å². The number of hydrogen-bond donors (Lipinski definition) is 1. The zero-order valence-electron chi connectivity index (χ0n) is 8.58. The van der Waals surface area contributed by atoms with Crippen molar-refractivity contribution in [1.29, 1.82) is 0 Å². The van der Waals surface area contributed by atoms with Crippen LogP contribution in [0.5, 0.6) is 0 Å². The summed E-state index contributed by atoms with van der Waals surface area (Å²) in [6.45, 7) is 0.619. The van der Waals surface area contributed by atoms with Crippen molar-refractivity contribution < 1.29 is 4.39 Å². The van der Waals surface area contributed by atoms with E-state index >= 15 is 0 Å². The molecule has 0 heterocycles. The molecule has 0 amide bonds. The van der Waals surface area contributed by atoms with Crippen LogP contribution in [0.2, 0.25) is 0 Å². The minimum Gasteiger partial charge on any atom is -0.381 e. The monoisotopic (exact) mass is 279 g/mol. The predicted molar refractivity (Wildman–Crippen MR) is 67.9 cm³/mol. The summed E-state index contributed by atoms with van der Waals surface area (Å²) >= 11 is 3.40. The van der Waals surface area contributed by atoms with E-state index in [1.807, 2.05) is 30.3 Å². The van der Waals surface area contributed by atoms with E-state index in [4.69, 9.17) is 0 Å². The lowest BCUT2D eigenvalue weighted by atomic mass is 10.2. The molecule has 2 aromatic rings. The lowest BCUT2D eigenvalue weighted by molar-refractivity contribution is 0.626. The molecule has 0 fully saturated rings. The van der Waals surface area contributed by atoms with Crippen molar-refractivity contribution in [3.8, 4) is 0 Å². The molecule has 0 aliphatic carbocycles. The van der Waals surface area contributed by atoms with Crippen LogP contribution in [0.3, 0.4) is 0 Å². The van der Waals surface area contributed by atoms with E-state index in [-0.39, 0.29) is 5.82 Å². The highest BCUT2D eigenvalue weighted by molar-refractivity contribution is 9.10. The Morgan fingerprint density at radius 3 is 2.62 bits per heavy atom. The highest BCUT2D eigenvalue weighted by atomic mass is 79.9. The first-order chi connectivity index (χ1) is 7.74. The van der Waals surface area contributed by atoms with Gasteiger partial charge in [0.15, 0.2) is 0 Å². The van der Waals surface area contributed by atoms with E-state index in [1.165, 1.54) is 12.1 Å². The van der Waals surface area contributed by atoms with Gasteiger partial charge in [0.2, 0.25) is 0 Å². The molecule has 1 N–H and O–H groups in total. The van der Waals surface area contributed by atoms with Gasteiger partial charge < -0.3 is 5.32 Å². The van der Waals surface area contributed by atoms with E-state index < -0.39 is 0 Å². The fraction of sp³-hybridized carbons (Fsp3) is 0.0769. The highest BCUT2D eigenvalue weighted by Crippen LogP contribution is 2.16. The average Bonchev–Trinajstić information content (AvgIpc) is 2.27. The third-order valence-corrected chi connectivity index (χ3v) is 2.70. The van der Waals surface area contributed by atoms with Gasteiger partial charge in [0.05, 0.1) is 0 Å². The molecule has 0 spiro atoms. The molecule has 2 rings (SSSR count). The van der Waals surface area contributed by atoms with Crippen molar-refractivity contribution in [2.75, 3.05) is 5.32 Å². The molecule has 0 atom stereocenters. The second-order valence-electron chi connectivity index (χ2n) is 3.49. The Bertz CT molecular complexity index is 439. The van der Waals surface area contributed by atoms with Crippen LogP contribution >= 0.6 is 15.9 Å². The third-order valence-electron chi connectivity index (χ3n) is 2.21. The van der Waals surface area contributed by atoms with Crippen LogP contribution in [-0.4, -0.2) is 0 Å². The van der Waals surface area contributed by atoms with Gasteiger partial charge in [0.1, 0.15) is 5.82 Å². The number of nitrogens with one attached hydrogen (secondary N) is 1. The zero-order chi connectivity index (χ0) is 11.4. The zero-order valence-corrected chi connectivity index (χ0v) is 10.2. The van der Waals surface area contributed by atoms with E-state index in [0.29, 0.717) is 6.54 Å². The number of halogens is 2. The molecule has 0 aliphatic rings. The molecule has 0 saturated heterocycles. The van der Waals surface area contributed by atoms with E-state index in [9.17, 15) is 4.39 Å². The Kier molecular flexibility index (Phi) is 3.57. The van der Waals surface area contributed by atoms with Crippen LogP contribution in [0.15, 0.2) is 53.0 Å². The summed E-state index contributed by atoms with van der Waals surface area (Å²) in [4.78, 5) is 0. The smallest absolute Gasteiger partial charge is 0.123 e. The average molecular weight is 280 g/mol. The molecule has 2 aromatic carbocycles. The lowest BCUT2D eigenvalue weighted by Gasteiger charge is -2.06. The highest BCUT2D eigenvalue weighted by Gasteiger charge is 1.96. The van der Waals surface area contributed by atoms with Crippen molar-refractivity contribution in [1.82, 2.24) is 0 Å². The van der Waals surface area contributed by atoms with Crippen molar-refractivity contribution in [3.05, 3.63) is 64.4 Å². The van der Waals surface area contributed by atoms with Gasteiger partial charge in [-0.1, -0.05) is 34.1 Å². The molecule has 16 heavy (non-hydrogen) atoms. The SMILES string of the molecule is Fc1cccc(CNc2cccc(Br)c2)c1. The van der Waals surface area contributed by atoms with Crippen LogP contribution in [0.4, 0.5) is 10.1 Å². The lowest BCUT2D eigenvalue weighted by Crippen LogP contribution is -1.99. The normalized spacial score (nSPS) is 10.1. The summed E-state index contributed by atoms with van der Waals surface area (Å²) in [6.07, 6.45) is 0. The Labute approximate surface area is 102 Å². The second-order valence-corrected chi connectivity index (χ2v) is 4.41. The number of anilines is 1. The fourth-order valence-corrected chi connectivity index (χ4v) is 1.85. The van der Waals surface area contributed by atoms with Crippen molar-refractivity contribution in [2.45, 2.75) is 6.54 Å². The standard InChI is InChI=1S/C13H11BrFN/c14-11-4-2-6-13(8-11)16-9-10-3-1-5-12(15)7-10/h1-8,16H,9H2. The van der Waals surface area contributed by atoms with Gasteiger partial charge in [0, 0.05) is 16.7 Å². The number of benzene rings is 2. The number of hydrogen-bond acceptors (Lipinski definition) is 1. The van der Waals surface area contributed by atoms with Gasteiger partial charge in [-0.15, -0.1) is 0 Å². The van der Waals surface area contributed by atoms with E-state index in [0.717, 1.165) is 15.7 Å². The molecule has 0 aromatic heterocycles. The fourth-order valence-electron chi connectivity index (χ4n) is 1.45. The molecule has 82 valence electrons. The third kappa shape index (κ3) is 3.07. The summed E-state index contributed by atoms with van der Waals surface area (Å²) in [5, 5.41) is 3.23. The minimum atomic E-state index is -0.200. The Balaban J connectivity index is 2.02. The molecule has 1 nitrogen and oxygen atoms in total. The molecule has 0 radical (unpaired) electrons. The summed E-state index contributed by atoms with van der Waals surface area (Å²) in [7, 11) is 0. The molecule has 0 saturated carbocycles. The maximum Gasteiger partial charge on any atom is 0.123 e. The number of rotatable bonds is 3. The molecule has 0 unspecified atom stereocenters. The molecule has 0 bridgehead atoms. The summed E-state index contributed by atoms with van der Waals surface area (Å²) in [5.74, 6) is -0.200.